The zero-order chi connectivity index (χ0) is 13.8. The quantitative estimate of drug-likeness (QED) is 0.766. The standard InChI is InChI=1S/C13H17N3O3/c1-4-18-8-9(2)19-13(17)10-5-6-12-11(7-10)14-15-16(12)3/h5-7,9H,4,8H2,1-3H3/t9-/m0/s1. The molecule has 0 unspecified atom stereocenters. The summed E-state index contributed by atoms with van der Waals surface area (Å²) < 4.78 is 12.1. The van der Waals surface area contributed by atoms with E-state index in [1.165, 1.54) is 0 Å². The van der Waals surface area contributed by atoms with Crippen molar-refractivity contribution >= 4 is 17.0 Å². The summed E-state index contributed by atoms with van der Waals surface area (Å²) in [6.45, 7) is 4.70. The van der Waals surface area contributed by atoms with Crippen LogP contribution in [0.2, 0.25) is 0 Å². The minimum Gasteiger partial charge on any atom is -0.457 e. The highest BCUT2D eigenvalue weighted by Gasteiger charge is 2.13. The Labute approximate surface area is 111 Å². The summed E-state index contributed by atoms with van der Waals surface area (Å²) in [6, 6.07) is 5.19. The fourth-order valence-electron chi connectivity index (χ4n) is 1.74. The third kappa shape index (κ3) is 3.08. The van der Waals surface area contributed by atoms with Gasteiger partial charge in [-0.3, -0.25) is 0 Å². The maximum absolute atomic E-state index is 11.9. The van der Waals surface area contributed by atoms with Crippen LogP contribution in [0.25, 0.3) is 11.0 Å². The molecule has 19 heavy (non-hydrogen) atoms. The van der Waals surface area contributed by atoms with E-state index in [9.17, 15) is 4.79 Å². The topological polar surface area (TPSA) is 66.2 Å². The van der Waals surface area contributed by atoms with Crippen molar-refractivity contribution in [3.63, 3.8) is 0 Å². The molecule has 1 atom stereocenters. The van der Waals surface area contributed by atoms with Crippen LogP contribution in [0.4, 0.5) is 0 Å². The molecule has 0 N–H and O–H groups in total. The van der Waals surface area contributed by atoms with Crippen molar-refractivity contribution in [2.45, 2.75) is 20.0 Å². The molecule has 1 aromatic carbocycles. The minimum absolute atomic E-state index is 0.273. The first-order valence-electron chi connectivity index (χ1n) is 6.20. The molecule has 0 bridgehead atoms. The van der Waals surface area contributed by atoms with Gasteiger partial charge in [-0.1, -0.05) is 5.21 Å². The van der Waals surface area contributed by atoms with Crippen LogP contribution in [0.15, 0.2) is 18.2 Å². The predicted octanol–water partition coefficient (Wildman–Crippen LogP) is 1.55. The molecular weight excluding hydrogens is 246 g/mol. The van der Waals surface area contributed by atoms with E-state index in [1.807, 2.05) is 6.92 Å². The van der Waals surface area contributed by atoms with E-state index < -0.39 is 0 Å². The number of ether oxygens (including phenoxy) is 2. The van der Waals surface area contributed by atoms with Crippen LogP contribution in [-0.2, 0) is 16.5 Å². The van der Waals surface area contributed by atoms with Gasteiger partial charge in [0.2, 0.25) is 0 Å². The lowest BCUT2D eigenvalue weighted by Crippen LogP contribution is -2.20. The van der Waals surface area contributed by atoms with Gasteiger partial charge in [-0.15, -0.1) is 5.10 Å². The van der Waals surface area contributed by atoms with Gasteiger partial charge in [-0.25, -0.2) is 9.48 Å². The van der Waals surface area contributed by atoms with Crippen molar-refractivity contribution in [3.8, 4) is 0 Å². The zero-order valence-corrected chi connectivity index (χ0v) is 11.3. The summed E-state index contributed by atoms with van der Waals surface area (Å²) in [5.74, 6) is -0.375. The Bertz CT molecular complexity index is 580. The zero-order valence-electron chi connectivity index (χ0n) is 11.3. The van der Waals surface area contributed by atoms with Crippen molar-refractivity contribution in [1.29, 1.82) is 0 Å². The number of benzene rings is 1. The van der Waals surface area contributed by atoms with Crippen molar-refractivity contribution in [2.75, 3.05) is 13.2 Å². The van der Waals surface area contributed by atoms with Gasteiger partial charge in [0.25, 0.3) is 0 Å². The van der Waals surface area contributed by atoms with E-state index in [-0.39, 0.29) is 12.1 Å². The molecule has 0 aliphatic heterocycles. The van der Waals surface area contributed by atoms with E-state index in [0.29, 0.717) is 24.3 Å². The third-order valence-corrected chi connectivity index (χ3v) is 2.71. The maximum Gasteiger partial charge on any atom is 0.338 e. The van der Waals surface area contributed by atoms with E-state index >= 15 is 0 Å². The second-order valence-electron chi connectivity index (χ2n) is 4.29. The number of carbonyl (C=O) groups excluding carboxylic acids is 1. The highest BCUT2D eigenvalue weighted by molar-refractivity contribution is 5.93. The number of nitrogens with zero attached hydrogens (tertiary/aromatic N) is 3. The van der Waals surface area contributed by atoms with Gasteiger partial charge >= 0.3 is 5.97 Å². The highest BCUT2D eigenvalue weighted by Crippen LogP contribution is 2.14. The molecule has 0 spiro atoms. The third-order valence-electron chi connectivity index (χ3n) is 2.71. The van der Waals surface area contributed by atoms with Gasteiger partial charge < -0.3 is 9.47 Å². The lowest BCUT2D eigenvalue weighted by atomic mass is 10.2. The lowest BCUT2D eigenvalue weighted by Gasteiger charge is -2.12. The molecule has 0 radical (unpaired) electrons. The number of aromatic nitrogens is 3. The predicted molar refractivity (Wildman–Crippen MR) is 69.9 cm³/mol. The molecule has 0 aliphatic rings. The molecule has 2 rings (SSSR count). The molecule has 0 saturated carbocycles. The van der Waals surface area contributed by atoms with Crippen LogP contribution in [0.1, 0.15) is 24.2 Å². The van der Waals surface area contributed by atoms with Crippen LogP contribution < -0.4 is 0 Å². The number of hydrogen-bond acceptors (Lipinski definition) is 5. The van der Waals surface area contributed by atoms with Crippen molar-refractivity contribution < 1.29 is 14.3 Å². The number of aryl methyl sites for hydroxylation is 1. The first kappa shape index (κ1) is 13.5. The Morgan fingerprint density at radius 1 is 1.47 bits per heavy atom. The fraction of sp³-hybridized carbons (Fsp3) is 0.462. The molecule has 6 heteroatoms. The average Bonchev–Trinajstić information content (AvgIpc) is 2.77. The van der Waals surface area contributed by atoms with Crippen molar-refractivity contribution in [3.05, 3.63) is 23.8 Å². The first-order valence-corrected chi connectivity index (χ1v) is 6.20. The van der Waals surface area contributed by atoms with Crippen molar-refractivity contribution in [2.24, 2.45) is 7.05 Å². The van der Waals surface area contributed by atoms with Crippen LogP contribution >= 0.6 is 0 Å². The fourth-order valence-corrected chi connectivity index (χ4v) is 1.74. The second-order valence-corrected chi connectivity index (χ2v) is 4.29. The average molecular weight is 263 g/mol. The van der Waals surface area contributed by atoms with Gasteiger partial charge in [-0.2, -0.15) is 0 Å². The van der Waals surface area contributed by atoms with Gasteiger partial charge in [0.1, 0.15) is 11.6 Å². The van der Waals surface area contributed by atoms with Crippen LogP contribution in [0.5, 0.6) is 0 Å². The molecule has 0 saturated heterocycles. The Hall–Kier alpha value is -1.95. The minimum atomic E-state index is -0.375. The monoisotopic (exact) mass is 263 g/mol. The molecule has 1 heterocycles. The Morgan fingerprint density at radius 3 is 3.00 bits per heavy atom. The summed E-state index contributed by atoms with van der Waals surface area (Å²) in [5, 5.41) is 7.86. The molecule has 2 aromatic rings. The number of hydrogen-bond donors (Lipinski definition) is 0. The summed E-state index contributed by atoms with van der Waals surface area (Å²) in [7, 11) is 1.80. The van der Waals surface area contributed by atoms with E-state index in [1.54, 1.807) is 36.9 Å². The Kier molecular flexibility index (Phi) is 4.11. The van der Waals surface area contributed by atoms with Crippen LogP contribution in [0.3, 0.4) is 0 Å². The number of rotatable bonds is 5. The summed E-state index contributed by atoms with van der Waals surface area (Å²) in [6.07, 6.45) is -0.273. The lowest BCUT2D eigenvalue weighted by molar-refractivity contribution is 0.00441. The van der Waals surface area contributed by atoms with E-state index in [0.717, 1.165) is 5.52 Å². The Morgan fingerprint density at radius 2 is 2.26 bits per heavy atom. The maximum atomic E-state index is 11.9. The first-order chi connectivity index (χ1) is 9.11. The highest BCUT2D eigenvalue weighted by atomic mass is 16.6. The summed E-state index contributed by atoms with van der Waals surface area (Å²) in [5.41, 5.74) is 2.02. The Balaban J connectivity index is 2.08. The molecule has 102 valence electrons. The molecule has 1 aromatic heterocycles. The summed E-state index contributed by atoms with van der Waals surface area (Å²) >= 11 is 0. The van der Waals surface area contributed by atoms with Gasteiger partial charge in [0.05, 0.1) is 17.7 Å². The number of carbonyl (C=O) groups is 1. The number of esters is 1. The largest absolute Gasteiger partial charge is 0.457 e. The molecule has 0 aliphatic carbocycles. The van der Waals surface area contributed by atoms with Crippen LogP contribution in [-0.4, -0.2) is 40.3 Å². The molecular formula is C13H17N3O3. The summed E-state index contributed by atoms with van der Waals surface area (Å²) in [4.78, 5) is 11.9. The SMILES string of the molecule is CCOC[C@H](C)OC(=O)c1ccc2c(c1)nnn2C. The molecule has 6 nitrogen and oxygen atoms in total. The van der Waals surface area contributed by atoms with Crippen molar-refractivity contribution in [1.82, 2.24) is 15.0 Å². The molecule has 0 amide bonds. The van der Waals surface area contributed by atoms with Gasteiger partial charge in [0, 0.05) is 13.7 Å². The van der Waals surface area contributed by atoms with Gasteiger partial charge in [-0.05, 0) is 32.0 Å². The van der Waals surface area contributed by atoms with Crippen LogP contribution in [0, 0.1) is 0 Å². The van der Waals surface area contributed by atoms with E-state index in [2.05, 4.69) is 10.3 Å². The van der Waals surface area contributed by atoms with E-state index in [4.69, 9.17) is 9.47 Å². The normalized spacial score (nSPS) is 12.6. The molecule has 0 fully saturated rings. The smallest absolute Gasteiger partial charge is 0.338 e. The van der Waals surface area contributed by atoms with Gasteiger partial charge in [0.15, 0.2) is 0 Å². The second kappa shape index (κ2) is 5.79. The number of fused-ring (bicyclic) bond motifs is 1.